The van der Waals surface area contributed by atoms with E-state index in [1.165, 1.54) is 18.2 Å². The highest BCUT2D eigenvalue weighted by molar-refractivity contribution is 7.84. The van der Waals surface area contributed by atoms with Crippen molar-refractivity contribution >= 4 is 28.1 Å². The van der Waals surface area contributed by atoms with Crippen molar-refractivity contribution in [3.8, 4) is 0 Å². The lowest BCUT2D eigenvalue weighted by molar-refractivity contribution is 0.623. The smallest absolute Gasteiger partial charge is 0.126 e. The summed E-state index contributed by atoms with van der Waals surface area (Å²) in [5.74, 6) is -0.201. The van der Waals surface area contributed by atoms with E-state index >= 15 is 0 Å². The van der Waals surface area contributed by atoms with Crippen LogP contribution in [0.2, 0.25) is 5.02 Å². The fraction of sp³-hybridized carbons (Fsp3) is 0.0769. The second-order valence-corrected chi connectivity index (χ2v) is 5.73. The van der Waals surface area contributed by atoms with E-state index in [9.17, 15) is 8.60 Å². The largest absolute Gasteiger partial charge is 0.399 e. The molecule has 18 heavy (non-hydrogen) atoms. The van der Waals surface area contributed by atoms with E-state index in [-0.39, 0.29) is 11.4 Å². The molecule has 0 spiro atoms. The van der Waals surface area contributed by atoms with E-state index in [1.54, 1.807) is 18.2 Å². The molecule has 0 heterocycles. The van der Waals surface area contributed by atoms with Gasteiger partial charge in [0.15, 0.2) is 0 Å². The molecule has 0 amide bonds. The Labute approximate surface area is 112 Å². The molecule has 2 aromatic rings. The highest BCUT2D eigenvalue weighted by atomic mass is 35.5. The molecule has 0 aromatic heterocycles. The lowest BCUT2D eigenvalue weighted by Gasteiger charge is -2.04. The Morgan fingerprint density at radius 2 is 2.00 bits per heavy atom. The van der Waals surface area contributed by atoms with Gasteiger partial charge in [0.25, 0.3) is 0 Å². The summed E-state index contributed by atoms with van der Waals surface area (Å²) in [5.41, 5.74) is 6.62. The van der Waals surface area contributed by atoms with E-state index in [0.717, 1.165) is 5.56 Å². The molecule has 2 rings (SSSR count). The number of nitrogens with two attached hydrogens (primary N) is 1. The van der Waals surface area contributed by atoms with Crippen LogP contribution in [0.4, 0.5) is 10.1 Å². The van der Waals surface area contributed by atoms with Crippen LogP contribution in [0.3, 0.4) is 0 Å². The van der Waals surface area contributed by atoms with Crippen LogP contribution in [0.1, 0.15) is 5.56 Å². The minimum atomic E-state index is -1.34. The molecule has 0 radical (unpaired) electrons. The van der Waals surface area contributed by atoms with Gasteiger partial charge in [-0.15, -0.1) is 0 Å². The van der Waals surface area contributed by atoms with Gasteiger partial charge in [0.2, 0.25) is 0 Å². The third kappa shape index (κ3) is 3.31. The number of hydrogen-bond donors (Lipinski definition) is 1. The van der Waals surface area contributed by atoms with Crippen molar-refractivity contribution in [3.63, 3.8) is 0 Å². The monoisotopic (exact) mass is 283 g/mol. The van der Waals surface area contributed by atoms with Gasteiger partial charge in [-0.1, -0.05) is 23.7 Å². The molecular weight excluding hydrogens is 273 g/mol. The van der Waals surface area contributed by atoms with Gasteiger partial charge in [0.1, 0.15) is 5.82 Å². The molecular formula is C13H11ClFNOS. The summed E-state index contributed by atoms with van der Waals surface area (Å²) in [7, 11) is -1.34. The first-order valence-corrected chi connectivity index (χ1v) is 6.93. The lowest BCUT2D eigenvalue weighted by atomic mass is 10.2. The van der Waals surface area contributed by atoms with E-state index in [0.29, 0.717) is 9.92 Å². The predicted octanol–water partition coefficient (Wildman–Crippen LogP) is 3.37. The third-order valence-corrected chi connectivity index (χ3v) is 3.94. The second-order valence-electron chi connectivity index (χ2n) is 3.84. The Kier molecular flexibility index (Phi) is 3.99. The Morgan fingerprint density at radius 3 is 2.67 bits per heavy atom. The number of hydrogen-bond acceptors (Lipinski definition) is 2. The molecule has 0 aliphatic rings. The normalized spacial score (nSPS) is 12.3. The van der Waals surface area contributed by atoms with Crippen LogP contribution in [0.15, 0.2) is 47.4 Å². The summed E-state index contributed by atoms with van der Waals surface area (Å²) in [5, 5.41) is 0.586. The van der Waals surface area contributed by atoms with Crippen LogP contribution in [0.5, 0.6) is 0 Å². The SMILES string of the molecule is Nc1cc(F)cc(S(=O)Cc2cccc(Cl)c2)c1. The van der Waals surface area contributed by atoms with E-state index in [2.05, 4.69) is 0 Å². The maximum Gasteiger partial charge on any atom is 0.126 e. The molecule has 1 unspecified atom stereocenters. The molecule has 0 saturated heterocycles. The standard InChI is InChI=1S/C13H11ClFNOS/c14-10-3-1-2-9(4-10)8-18(17)13-6-11(15)5-12(16)7-13/h1-7H,8,16H2. The summed E-state index contributed by atoms with van der Waals surface area (Å²) >= 11 is 5.85. The molecule has 0 aliphatic heterocycles. The van der Waals surface area contributed by atoms with Crippen molar-refractivity contribution in [2.45, 2.75) is 10.6 Å². The van der Waals surface area contributed by atoms with Crippen LogP contribution in [0.25, 0.3) is 0 Å². The number of anilines is 1. The number of rotatable bonds is 3. The summed E-state index contributed by atoms with van der Waals surface area (Å²) < 4.78 is 25.2. The van der Waals surface area contributed by atoms with Gasteiger partial charge in [-0.05, 0) is 35.9 Å². The van der Waals surface area contributed by atoms with Crippen LogP contribution in [0, 0.1) is 5.82 Å². The second kappa shape index (κ2) is 5.50. The molecule has 2 aromatic carbocycles. The summed E-state index contributed by atoms with van der Waals surface area (Å²) in [6, 6.07) is 11.0. The molecule has 0 bridgehead atoms. The fourth-order valence-electron chi connectivity index (χ4n) is 1.58. The van der Waals surface area contributed by atoms with E-state index < -0.39 is 16.6 Å². The van der Waals surface area contributed by atoms with Crippen molar-refractivity contribution < 1.29 is 8.60 Å². The van der Waals surface area contributed by atoms with Gasteiger partial charge in [-0.25, -0.2) is 4.39 Å². The molecule has 5 heteroatoms. The molecule has 1 atom stereocenters. The van der Waals surface area contributed by atoms with Gasteiger partial charge in [-0.2, -0.15) is 0 Å². The maximum atomic E-state index is 13.2. The molecule has 0 saturated carbocycles. The van der Waals surface area contributed by atoms with Gasteiger partial charge >= 0.3 is 0 Å². The fourth-order valence-corrected chi connectivity index (χ4v) is 2.95. The van der Waals surface area contributed by atoms with Gasteiger partial charge in [-0.3, -0.25) is 4.21 Å². The van der Waals surface area contributed by atoms with E-state index in [1.807, 2.05) is 6.07 Å². The third-order valence-electron chi connectivity index (χ3n) is 2.34. The molecule has 2 N–H and O–H groups in total. The Hall–Kier alpha value is -1.39. The predicted molar refractivity (Wildman–Crippen MR) is 72.4 cm³/mol. The van der Waals surface area contributed by atoms with Crippen molar-refractivity contribution in [1.29, 1.82) is 0 Å². The first kappa shape index (κ1) is 13.1. The first-order valence-electron chi connectivity index (χ1n) is 5.23. The first-order chi connectivity index (χ1) is 8.54. The quantitative estimate of drug-likeness (QED) is 0.878. The van der Waals surface area contributed by atoms with Crippen molar-refractivity contribution in [2.24, 2.45) is 0 Å². The molecule has 0 aliphatic carbocycles. The Balaban J connectivity index is 2.22. The summed E-state index contributed by atoms with van der Waals surface area (Å²) in [4.78, 5) is 0.382. The van der Waals surface area contributed by atoms with Crippen LogP contribution in [-0.4, -0.2) is 4.21 Å². The van der Waals surface area contributed by atoms with Crippen molar-refractivity contribution in [3.05, 3.63) is 58.9 Å². The minimum absolute atomic E-state index is 0.268. The number of benzene rings is 2. The number of halogens is 2. The topological polar surface area (TPSA) is 43.1 Å². The lowest BCUT2D eigenvalue weighted by Crippen LogP contribution is -1.99. The highest BCUT2D eigenvalue weighted by Crippen LogP contribution is 2.19. The summed E-state index contributed by atoms with van der Waals surface area (Å²) in [6.07, 6.45) is 0. The van der Waals surface area contributed by atoms with Crippen LogP contribution < -0.4 is 5.73 Å². The maximum absolute atomic E-state index is 13.2. The van der Waals surface area contributed by atoms with Gasteiger partial charge < -0.3 is 5.73 Å². The van der Waals surface area contributed by atoms with Gasteiger partial charge in [0.05, 0.1) is 16.6 Å². The Bertz CT molecular complexity index is 583. The van der Waals surface area contributed by atoms with Crippen LogP contribution in [-0.2, 0) is 16.6 Å². The minimum Gasteiger partial charge on any atom is -0.399 e. The zero-order chi connectivity index (χ0) is 13.1. The Morgan fingerprint density at radius 1 is 1.22 bits per heavy atom. The molecule has 2 nitrogen and oxygen atoms in total. The number of nitrogen functional groups attached to an aromatic ring is 1. The van der Waals surface area contributed by atoms with Crippen LogP contribution >= 0.6 is 11.6 Å². The average molecular weight is 284 g/mol. The van der Waals surface area contributed by atoms with Crippen molar-refractivity contribution in [2.75, 3.05) is 5.73 Å². The average Bonchev–Trinajstić information content (AvgIpc) is 2.27. The van der Waals surface area contributed by atoms with Gasteiger partial charge in [0, 0.05) is 15.6 Å². The summed E-state index contributed by atoms with van der Waals surface area (Å²) in [6.45, 7) is 0. The van der Waals surface area contributed by atoms with E-state index in [4.69, 9.17) is 17.3 Å². The zero-order valence-electron chi connectivity index (χ0n) is 9.40. The highest BCUT2D eigenvalue weighted by Gasteiger charge is 2.08. The molecule has 94 valence electrons. The molecule has 0 fully saturated rings. The zero-order valence-corrected chi connectivity index (χ0v) is 11.0. The van der Waals surface area contributed by atoms with Crippen molar-refractivity contribution in [1.82, 2.24) is 0 Å².